The smallest absolute Gasteiger partial charge is 0.177 e. The Labute approximate surface area is 178 Å². The Bertz CT molecular complexity index is 1160. The molecule has 4 aromatic rings. The van der Waals surface area contributed by atoms with E-state index < -0.39 is 0 Å². The van der Waals surface area contributed by atoms with Gasteiger partial charge in [0.2, 0.25) is 0 Å². The number of hydrogen-bond donors (Lipinski definition) is 0. The standard InChI is InChI=1S/C24H28N3O.ClH/c1-25-22-9-7-19(28-2)16-20(22)24-21-17-27(13-10-18(21)6-8-23(24)25)15-14-26-11-4-3-5-12-26;/h6-10,13,16-17H,3-5,11-12,14-15H2,1-2H3;1H/q+1;/p-1. The molecule has 152 valence electrons. The molecule has 2 aromatic carbocycles. The summed E-state index contributed by atoms with van der Waals surface area (Å²) in [6.45, 7) is 4.68. The highest BCUT2D eigenvalue weighted by atomic mass is 35.5. The number of likely N-dealkylation sites (tertiary alicyclic amines) is 1. The van der Waals surface area contributed by atoms with Crippen molar-refractivity contribution in [3.8, 4) is 5.75 Å². The zero-order valence-electron chi connectivity index (χ0n) is 17.2. The van der Waals surface area contributed by atoms with E-state index in [4.69, 9.17) is 4.74 Å². The first-order valence-electron chi connectivity index (χ1n) is 10.3. The average Bonchev–Trinajstić information content (AvgIpc) is 3.04. The van der Waals surface area contributed by atoms with Gasteiger partial charge in [0.25, 0.3) is 0 Å². The van der Waals surface area contributed by atoms with Crippen LogP contribution in [0.2, 0.25) is 0 Å². The van der Waals surface area contributed by atoms with Gasteiger partial charge >= 0.3 is 0 Å². The van der Waals surface area contributed by atoms with Gasteiger partial charge in [0, 0.05) is 34.9 Å². The molecule has 0 bridgehead atoms. The van der Waals surface area contributed by atoms with Crippen molar-refractivity contribution in [2.75, 3.05) is 26.7 Å². The second-order valence-corrected chi connectivity index (χ2v) is 7.99. The lowest BCUT2D eigenvalue weighted by molar-refractivity contribution is -0.695. The Morgan fingerprint density at radius 1 is 0.966 bits per heavy atom. The molecule has 0 saturated carbocycles. The highest BCUT2D eigenvalue weighted by molar-refractivity contribution is 6.20. The number of piperidine rings is 1. The number of pyridine rings is 1. The second kappa shape index (κ2) is 8.21. The molecule has 0 aliphatic carbocycles. The predicted octanol–water partition coefficient (Wildman–Crippen LogP) is 1.27. The van der Waals surface area contributed by atoms with Gasteiger partial charge in [0.15, 0.2) is 18.9 Å². The molecule has 0 amide bonds. The predicted molar refractivity (Wildman–Crippen MR) is 115 cm³/mol. The van der Waals surface area contributed by atoms with Crippen molar-refractivity contribution in [3.05, 3.63) is 48.8 Å². The van der Waals surface area contributed by atoms with Gasteiger partial charge in [0.1, 0.15) is 5.75 Å². The molecule has 1 saturated heterocycles. The van der Waals surface area contributed by atoms with Crippen LogP contribution in [0.1, 0.15) is 19.3 Å². The average molecular weight is 410 g/mol. The van der Waals surface area contributed by atoms with E-state index in [9.17, 15) is 0 Å². The Morgan fingerprint density at radius 2 is 1.76 bits per heavy atom. The summed E-state index contributed by atoms with van der Waals surface area (Å²) in [5.41, 5.74) is 2.51. The van der Waals surface area contributed by atoms with Gasteiger partial charge in [-0.25, -0.2) is 4.57 Å². The number of hydrogen-bond acceptors (Lipinski definition) is 2. The monoisotopic (exact) mass is 409 g/mol. The normalized spacial score (nSPS) is 15.1. The summed E-state index contributed by atoms with van der Waals surface area (Å²) in [4.78, 5) is 2.60. The summed E-state index contributed by atoms with van der Waals surface area (Å²) in [6.07, 6.45) is 8.65. The van der Waals surface area contributed by atoms with Crippen LogP contribution in [-0.2, 0) is 13.6 Å². The molecule has 4 nitrogen and oxygen atoms in total. The fourth-order valence-corrected chi connectivity index (χ4v) is 4.70. The molecule has 0 spiro atoms. The third-order valence-electron chi connectivity index (χ3n) is 6.32. The van der Waals surface area contributed by atoms with Gasteiger partial charge in [0.05, 0.1) is 19.0 Å². The molecule has 2 aromatic heterocycles. The Hall–Kier alpha value is -2.30. The molecule has 0 radical (unpaired) electrons. The first kappa shape index (κ1) is 20.0. The van der Waals surface area contributed by atoms with Crippen LogP contribution in [0.25, 0.3) is 32.6 Å². The number of rotatable bonds is 4. The van der Waals surface area contributed by atoms with Crippen molar-refractivity contribution in [3.63, 3.8) is 0 Å². The number of nitrogens with zero attached hydrogens (tertiary/aromatic N) is 3. The summed E-state index contributed by atoms with van der Waals surface area (Å²) in [6, 6.07) is 13.1. The van der Waals surface area contributed by atoms with E-state index in [-0.39, 0.29) is 12.4 Å². The topological polar surface area (TPSA) is 21.3 Å². The van der Waals surface area contributed by atoms with Gasteiger partial charge in [-0.05, 0) is 55.6 Å². The molecule has 0 N–H and O–H groups in total. The van der Waals surface area contributed by atoms with Crippen molar-refractivity contribution in [2.24, 2.45) is 7.05 Å². The van der Waals surface area contributed by atoms with E-state index in [1.165, 1.54) is 64.9 Å². The maximum absolute atomic E-state index is 5.50. The minimum absolute atomic E-state index is 0. The summed E-state index contributed by atoms with van der Waals surface area (Å²) < 4.78 is 10.1. The van der Waals surface area contributed by atoms with Crippen LogP contribution in [0.5, 0.6) is 5.75 Å². The van der Waals surface area contributed by atoms with Gasteiger partial charge in [-0.2, -0.15) is 0 Å². The van der Waals surface area contributed by atoms with Crippen LogP contribution in [0, 0.1) is 0 Å². The Balaban J connectivity index is 0.00000205. The van der Waals surface area contributed by atoms with Crippen LogP contribution in [0.3, 0.4) is 0 Å². The summed E-state index contributed by atoms with van der Waals surface area (Å²) >= 11 is 0. The molecule has 1 aliphatic rings. The summed E-state index contributed by atoms with van der Waals surface area (Å²) in [5, 5.41) is 5.19. The molecule has 1 aliphatic heterocycles. The maximum atomic E-state index is 5.50. The third kappa shape index (κ3) is 3.56. The molecule has 1 fully saturated rings. The first-order chi connectivity index (χ1) is 13.7. The van der Waals surface area contributed by atoms with Crippen molar-refractivity contribution in [1.29, 1.82) is 0 Å². The molecule has 0 unspecified atom stereocenters. The first-order valence-corrected chi connectivity index (χ1v) is 10.3. The van der Waals surface area contributed by atoms with Gasteiger partial charge in [-0.3, -0.25) is 4.90 Å². The lowest BCUT2D eigenvalue weighted by Gasteiger charge is -2.24. The fraction of sp³-hybridized carbons (Fsp3) is 0.375. The number of ether oxygens (including phenoxy) is 1. The molecule has 5 heteroatoms. The number of aryl methyl sites for hydroxylation is 1. The van der Waals surface area contributed by atoms with Crippen LogP contribution in [-0.4, -0.2) is 36.2 Å². The van der Waals surface area contributed by atoms with E-state index in [0.717, 1.165) is 18.8 Å². The highest BCUT2D eigenvalue weighted by Gasteiger charge is 2.16. The number of methoxy groups -OCH3 is 1. The third-order valence-corrected chi connectivity index (χ3v) is 6.32. The minimum atomic E-state index is 0. The van der Waals surface area contributed by atoms with Crippen molar-refractivity contribution < 1.29 is 21.7 Å². The van der Waals surface area contributed by atoms with Crippen LogP contribution < -0.4 is 21.7 Å². The van der Waals surface area contributed by atoms with Crippen LogP contribution >= 0.6 is 0 Å². The number of aromatic nitrogens is 2. The van der Waals surface area contributed by atoms with E-state index in [1.54, 1.807) is 7.11 Å². The number of halogens is 1. The molecule has 3 heterocycles. The van der Waals surface area contributed by atoms with Gasteiger partial charge in [-0.15, -0.1) is 0 Å². The van der Waals surface area contributed by atoms with Crippen LogP contribution in [0.15, 0.2) is 48.8 Å². The lowest BCUT2D eigenvalue weighted by atomic mass is 10.1. The molecular formula is C24H28ClN3O. The van der Waals surface area contributed by atoms with E-state index in [2.05, 4.69) is 63.8 Å². The summed E-state index contributed by atoms with van der Waals surface area (Å²) in [7, 11) is 3.88. The van der Waals surface area contributed by atoms with E-state index in [0.29, 0.717) is 0 Å². The van der Waals surface area contributed by atoms with Crippen LogP contribution in [0.4, 0.5) is 0 Å². The van der Waals surface area contributed by atoms with Crippen molar-refractivity contribution in [1.82, 2.24) is 9.47 Å². The summed E-state index contributed by atoms with van der Waals surface area (Å²) in [5.74, 6) is 0.908. The maximum Gasteiger partial charge on any atom is 0.177 e. The Morgan fingerprint density at radius 3 is 2.55 bits per heavy atom. The molecule has 0 atom stereocenters. The molecule has 5 rings (SSSR count). The minimum Gasteiger partial charge on any atom is -1.00 e. The largest absolute Gasteiger partial charge is 1.00 e. The van der Waals surface area contributed by atoms with E-state index in [1.807, 2.05) is 6.07 Å². The number of fused-ring (bicyclic) bond motifs is 5. The Kier molecular flexibility index (Phi) is 5.66. The second-order valence-electron chi connectivity index (χ2n) is 7.99. The molecular weight excluding hydrogens is 382 g/mol. The van der Waals surface area contributed by atoms with E-state index >= 15 is 0 Å². The van der Waals surface area contributed by atoms with Gasteiger partial charge < -0.3 is 21.7 Å². The van der Waals surface area contributed by atoms with Crippen molar-refractivity contribution in [2.45, 2.75) is 25.8 Å². The quantitative estimate of drug-likeness (QED) is 0.473. The highest BCUT2D eigenvalue weighted by Crippen LogP contribution is 2.35. The molecule has 29 heavy (non-hydrogen) atoms. The number of benzene rings is 2. The zero-order chi connectivity index (χ0) is 19.1. The van der Waals surface area contributed by atoms with Gasteiger partial charge in [-0.1, -0.05) is 12.5 Å². The lowest BCUT2D eigenvalue weighted by Crippen LogP contribution is -3.00. The zero-order valence-corrected chi connectivity index (χ0v) is 18.0. The fourth-order valence-electron chi connectivity index (χ4n) is 4.70. The SMILES string of the molecule is COc1ccc2c(c1)c1c3c[n+](CCN4CCCCC4)ccc3ccc1n2C.[Cl-]. The van der Waals surface area contributed by atoms with Crippen molar-refractivity contribution >= 4 is 32.6 Å².